The number of rotatable bonds is 19. The normalized spacial score (nSPS) is 19.5. The van der Waals surface area contributed by atoms with Gasteiger partial charge in [0.1, 0.15) is 11.5 Å². The number of nitrogens with zero attached hydrogens (tertiary/aromatic N) is 4. The standard InChI is InChI=1S/C53H68N4O10S2/c1-52(2)43-34-41(68(11,62)63)21-23-45(43)54(28-12-30-56(5,6)7)47(52)25-17-37-32-39(51(60)61)33-38(50(37)67-40-19-14-36(15-20-40)16-27-49(58)59)18-26-48-53(3,4)44-35-42(69(64,65)66)22-24-46(44)55(48)29-13-31-57(8,9)10/h14-15,17-26,34-35,39H,12-13,16,27-33H2,1-11H3/p+3. The van der Waals surface area contributed by atoms with E-state index in [0.29, 0.717) is 42.2 Å². The summed E-state index contributed by atoms with van der Waals surface area (Å²) in [7, 11) is 4.79. The van der Waals surface area contributed by atoms with Gasteiger partial charge < -0.3 is 28.8 Å². The number of allylic oxidation sites excluding steroid dienone is 7. The molecule has 3 aliphatic rings. The first-order valence-corrected chi connectivity index (χ1v) is 26.7. The molecular formula is C53H71N4O10S2+3. The molecule has 1 aliphatic carbocycles. The molecule has 16 heteroatoms. The maximum atomic E-state index is 13.1. The van der Waals surface area contributed by atoms with E-state index >= 15 is 0 Å². The Morgan fingerprint density at radius 2 is 1.42 bits per heavy atom. The summed E-state index contributed by atoms with van der Waals surface area (Å²) in [6.45, 7) is 11.2. The van der Waals surface area contributed by atoms with Gasteiger partial charge in [-0.25, -0.2) is 8.42 Å². The van der Waals surface area contributed by atoms with Crippen LogP contribution in [0.2, 0.25) is 0 Å². The molecule has 2 aliphatic heterocycles. The lowest BCUT2D eigenvalue weighted by Gasteiger charge is -2.30. The first-order valence-electron chi connectivity index (χ1n) is 23.4. The van der Waals surface area contributed by atoms with Crippen molar-refractivity contribution in [1.82, 2.24) is 0 Å². The second kappa shape index (κ2) is 19.8. The number of ether oxygens (including phenoxy) is 1. The van der Waals surface area contributed by atoms with Gasteiger partial charge in [-0.2, -0.15) is 13.0 Å². The van der Waals surface area contributed by atoms with Crippen LogP contribution in [0.1, 0.15) is 76.5 Å². The zero-order valence-corrected chi connectivity index (χ0v) is 43.7. The van der Waals surface area contributed by atoms with Crippen LogP contribution in [0, 0.1) is 5.92 Å². The third kappa shape index (κ3) is 12.5. The highest BCUT2D eigenvalue weighted by Gasteiger charge is 2.45. The van der Waals surface area contributed by atoms with E-state index in [1.165, 1.54) is 18.4 Å². The molecule has 0 fully saturated rings. The molecule has 372 valence electrons. The van der Waals surface area contributed by atoms with Gasteiger partial charge in [0.15, 0.2) is 22.1 Å². The smallest absolute Gasteiger partial charge is 0.307 e. The molecule has 0 saturated heterocycles. The number of hydrogen-bond donors (Lipinski definition) is 3. The number of anilines is 1. The van der Waals surface area contributed by atoms with Crippen LogP contribution in [0.25, 0.3) is 0 Å². The fraction of sp³-hybridized carbons (Fsp3) is 0.453. The molecule has 3 N–H and O–H groups in total. The van der Waals surface area contributed by atoms with E-state index in [1.54, 1.807) is 30.3 Å². The summed E-state index contributed by atoms with van der Waals surface area (Å²) >= 11 is 0. The van der Waals surface area contributed by atoms with E-state index in [4.69, 9.17) is 4.74 Å². The summed E-state index contributed by atoms with van der Waals surface area (Å²) in [5.41, 5.74) is 5.81. The van der Waals surface area contributed by atoms with Gasteiger partial charge in [0.05, 0.1) is 82.9 Å². The molecule has 2 heterocycles. The summed E-state index contributed by atoms with van der Waals surface area (Å²) in [5.74, 6) is -1.73. The number of hydrogen-bond acceptors (Lipinski definition) is 8. The first-order chi connectivity index (χ1) is 31.9. The number of carboxylic acids is 2. The second-order valence-corrected chi connectivity index (χ2v) is 25.2. The fourth-order valence-corrected chi connectivity index (χ4v) is 10.8. The lowest BCUT2D eigenvalue weighted by atomic mass is 9.80. The van der Waals surface area contributed by atoms with Crippen molar-refractivity contribution in [3.05, 3.63) is 124 Å². The van der Waals surface area contributed by atoms with Crippen LogP contribution in [0.4, 0.5) is 11.4 Å². The van der Waals surface area contributed by atoms with Crippen LogP contribution in [0.15, 0.2) is 117 Å². The minimum Gasteiger partial charge on any atom is -0.481 e. The summed E-state index contributed by atoms with van der Waals surface area (Å²) in [6.07, 6.45) is 11.3. The van der Waals surface area contributed by atoms with Gasteiger partial charge in [-0.3, -0.25) is 14.1 Å². The molecule has 14 nitrogen and oxygen atoms in total. The lowest BCUT2D eigenvalue weighted by Crippen LogP contribution is -2.37. The zero-order chi connectivity index (χ0) is 51.1. The molecule has 0 saturated carbocycles. The van der Waals surface area contributed by atoms with Gasteiger partial charge in [0.25, 0.3) is 10.1 Å². The van der Waals surface area contributed by atoms with Crippen molar-refractivity contribution in [2.75, 3.05) is 79.6 Å². The Kier molecular flexibility index (Phi) is 15.2. The van der Waals surface area contributed by atoms with E-state index in [-0.39, 0.29) is 29.1 Å². The van der Waals surface area contributed by atoms with Crippen molar-refractivity contribution in [2.45, 2.75) is 86.8 Å². The van der Waals surface area contributed by atoms with E-state index < -0.39 is 48.6 Å². The van der Waals surface area contributed by atoms with Crippen molar-refractivity contribution >= 4 is 49.0 Å². The van der Waals surface area contributed by atoms with Gasteiger partial charge in [-0.1, -0.05) is 32.1 Å². The molecule has 69 heavy (non-hydrogen) atoms. The third-order valence-corrected chi connectivity index (χ3v) is 15.4. The molecule has 0 bridgehead atoms. The summed E-state index contributed by atoms with van der Waals surface area (Å²) < 4.78 is 71.0. The van der Waals surface area contributed by atoms with Crippen LogP contribution >= 0.6 is 0 Å². The molecule has 6 rings (SSSR count). The van der Waals surface area contributed by atoms with Crippen molar-refractivity contribution in [1.29, 1.82) is 0 Å². The average molecular weight is 988 g/mol. The number of aliphatic carboxylic acids is 2. The van der Waals surface area contributed by atoms with Crippen molar-refractivity contribution < 1.29 is 59.5 Å². The molecule has 0 amide bonds. The number of benzene rings is 3. The Labute approximate surface area is 409 Å². The molecule has 0 aromatic heterocycles. The predicted molar refractivity (Wildman–Crippen MR) is 270 cm³/mol. The third-order valence-electron chi connectivity index (χ3n) is 13.4. The molecule has 1 atom stereocenters. The first kappa shape index (κ1) is 53.0. The highest BCUT2D eigenvalue weighted by atomic mass is 32.2. The van der Waals surface area contributed by atoms with Crippen molar-refractivity contribution in [2.24, 2.45) is 5.92 Å². The number of carbonyl (C=O) groups is 2. The Hall–Kier alpha value is -5.39. The predicted octanol–water partition coefficient (Wildman–Crippen LogP) is 7.91. The monoisotopic (exact) mass is 987 g/mol. The van der Waals surface area contributed by atoms with Gasteiger partial charge >= 0.3 is 11.9 Å². The quantitative estimate of drug-likeness (QED) is 0.0604. The van der Waals surface area contributed by atoms with Crippen LogP contribution < -0.4 is 9.64 Å². The Bertz CT molecular complexity index is 2890. The largest absolute Gasteiger partial charge is 0.481 e. The van der Waals surface area contributed by atoms with Crippen LogP contribution in [-0.2, 0) is 46.8 Å². The summed E-state index contributed by atoms with van der Waals surface area (Å²) in [4.78, 5) is 26.7. The number of fused-ring (bicyclic) bond motifs is 2. The summed E-state index contributed by atoms with van der Waals surface area (Å²) in [6, 6.07) is 17.2. The van der Waals surface area contributed by atoms with Crippen LogP contribution in [0.5, 0.6) is 5.75 Å². The van der Waals surface area contributed by atoms with Gasteiger partial charge in [-0.05, 0) is 110 Å². The van der Waals surface area contributed by atoms with E-state index in [2.05, 4.69) is 65.6 Å². The summed E-state index contributed by atoms with van der Waals surface area (Å²) in [5, 5.41) is 20.0. The van der Waals surface area contributed by atoms with Gasteiger partial charge in [-0.15, -0.1) is 0 Å². The minimum atomic E-state index is -4.49. The SMILES string of the molecule is CC1(C)C(=CC=C2CC(C(=O)O)CC(C=CC3=[N+](CCC[N+](C)(C)C)c4ccc(S(C)(=O)=O)cc4C3(C)C)=C2Oc2ccc(CCC(=O)O)cc2)N(CCC[N+](C)(C)C)c2ccc(S(=O)(=O)O)cc21. The molecular weight excluding hydrogens is 917 g/mol. The van der Waals surface area contributed by atoms with Crippen molar-refractivity contribution in [3.8, 4) is 5.75 Å². The zero-order valence-electron chi connectivity index (χ0n) is 42.0. The molecule has 0 radical (unpaired) electrons. The number of carboxylic acid groups (broad SMARTS) is 2. The fourth-order valence-electron chi connectivity index (χ4n) is 9.63. The average Bonchev–Trinajstić information content (AvgIpc) is 3.57. The van der Waals surface area contributed by atoms with E-state index in [0.717, 1.165) is 74.4 Å². The number of quaternary nitrogens is 2. The van der Waals surface area contributed by atoms with Gasteiger partial charge in [0, 0.05) is 60.1 Å². The number of sulfone groups is 1. The highest BCUT2D eigenvalue weighted by molar-refractivity contribution is 7.90. The van der Waals surface area contributed by atoms with Crippen LogP contribution in [0.3, 0.4) is 0 Å². The molecule has 3 aromatic carbocycles. The van der Waals surface area contributed by atoms with E-state index in [1.807, 2.05) is 56.4 Å². The maximum absolute atomic E-state index is 13.1. The molecule has 1 unspecified atom stereocenters. The second-order valence-electron chi connectivity index (χ2n) is 21.8. The lowest BCUT2D eigenvalue weighted by molar-refractivity contribution is -0.871. The molecule has 3 aromatic rings. The maximum Gasteiger partial charge on any atom is 0.307 e. The Morgan fingerprint density at radius 3 is 2.01 bits per heavy atom. The van der Waals surface area contributed by atoms with Crippen LogP contribution in [-0.4, -0.2) is 138 Å². The Morgan fingerprint density at radius 1 is 0.797 bits per heavy atom. The Balaban J connectivity index is 1.54. The topological polar surface area (TPSA) is 179 Å². The van der Waals surface area contributed by atoms with E-state index in [9.17, 15) is 41.2 Å². The number of aryl methyl sites for hydroxylation is 1. The minimum absolute atomic E-state index is 0.0247. The highest BCUT2D eigenvalue weighted by Crippen LogP contribution is 2.49. The van der Waals surface area contributed by atoms with Crippen molar-refractivity contribution in [3.63, 3.8) is 0 Å². The molecule has 0 spiro atoms. The van der Waals surface area contributed by atoms with Gasteiger partial charge in [0.2, 0.25) is 5.69 Å².